The molecule has 1 N–H and O–H groups in total. The molecule has 0 aromatic heterocycles. The van der Waals surface area contributed by atoms with Crippen LogP contribution in [0.25, 0.3) is 0 Å². The van der Waals surface area contributed by atoms with Crippen LogP contribution in [0.1, 0.15) is 22.3 Å². The average Bonchev–Trinajstić information content (AvgIpc) is 2.67. The number of carbonyl (C=O) groups is 1. The largest absolute Gasteiger partial charge is 0.325 e. The van der Waals surface area contributed by atoms with Gasteiger partial charge in [0.15, 0.2) is 0 Å². The Kier molecular flexibility index (Phi) is 6.39. The summed E-state index contributed by atoms with van der Waals surface area (Å²) < 4.78 is 0. The third-order valence-corrected chi connectivity index (χ3v) is 4.74. The molecule has 3 aromatic carbocycles. The van der Waals surface area contributed by atoms with Crippen LogP contribution in [-0.4, -0.2) is 17.4 Å². The number of rotatable bonds is 7. The van der Waals surface area contributed by atoms with Gasteiger partial charge >= 0.3 is 0 Å². The van der Waals surface area contributed by atoms with Gasteiger partial charge in [-0.25, -0.2) is 0 Å². The number of amides is 1. The number of nitrogens with one attached hydrogen (secondary N) is 1. The minimum absolute atomic E-state index is 0.00978. The molecule has 0 aliphatic carbocycles. The van der Waals surface area contributed by atoms with Crippen molar-refractivity contribution in [1.82, 2.24) is 4.90 Å². The second kappa shape index (κ2) is 9.15. The van der Waals surface area contributed by atoms with Crippen LogP contribution in [0.5, 0.6) is 0 Å². The first kappa shape index (κ1) is 18.9. The maximum absolute atomic E-state index is 12.7. The van der Waals surface area contributed by atoms with E-state index in [1.165, 1.54) is 16.7 Å². The van der Waals surface area contributed by atoms with Gasteiger partial charge in [-0.2, -0.15) is 0 Å². The fraction of sp³-hybridized carbons (Fsp3) is 0.208. The zero-order valence-corrected chi connectivity index (χ0v) is 16.0. The Hall–Kier alpha value is -2.91. The van der Waals surface area contributed by atoms with Crippen molar-refractivity contribution >= 4 is 11.6 Å². The van der Waals surface area contributed by atoms with Gasteiger partial charge in [0.25, 0.3) is 0 Å². The Labute approximate surface area is 161 Å². The van der Waals surface area contributed by atoms with Gasteiger partial charge in [0.1, 0.15) is 0 Å². The number of aryl methyl sites for hydroxylation is 1. The van der Waals surface area contributed by atoms with E-state index in [1.807, 2.05) is 55.5 Å². The Morgan fingerprint density at radius 3 is 1.89 bits per heavy atom. The monoisotopic (exact) mass is 358 g/mol. The SMILES string of the molecule is Cc1cccc(NC(=O)CN(Cc2ccccc2)Cc2ccccc2)c1C. The lowest BCUT2D eigenvalue weighted by Gasteiger charge is -2.22. The van der Waals surface area contributed by atoms with E-state index in [-0.39, 0.29) is 5.91 Å². The van der Waals surface area contributed by atoms with E-state index in [2.05, 4.69) is 47.5 Å². The van der Waals surface area contributed by atoms with Crippen molar-refractivity contribution in [2.45, 2.75) is 26.9 Å². The van der Waals surface area contributed by atoms with E-state index in [0.717, 1.165) is 24.3 Å². The molecule has 0 radical (unpaired) electrons. The third kappa shape index (κ3) is 5.53. The van der Waals surface area contributed by atoms with Gasteiger partial charge in [0.05, 0.1) is 6.54 Å². The molecule has 3 rings (SSSR count). The Bertz CT molecular complexity index is 834. The number of hydrogen-bond donors (Lipinski definition) is 1. The van der Waals surface area contributed by atoms with E-state index < -0.39 is 0 Å². The topological polar surface area (TPSA) is 32.3 Å². The van der Waals surface area contributed by atoms with Gasteiger partial charge in [-0.1, -0.05) is 72.8 Å². The molecule has 0 aliphatic rings. The zero-order valence-electron chi connectivity index (χ0n) is 16.0. The third-order valence-electron chi connectivity index (χ3n) is 4.74. The Morgan fingerprint density at radius 1 is 0.778 bits per heavy atom. The normalized spacial score (nSPS) is 10.8. The molecule has 0 atom stereocenters. The smallest absolute Gasteiger partial charge is 0.238 e. The molecule has 3 nitrogen and oxygen atoms in total. The molecule has 0 unspecified atom stereocenters. The standard InChI is InChI=1S/C24H26N2O/c1-19-10-9-15-23(20(19)2)25-24(27)18-26(16-21-11-5-3-6-12-21)17-22-13-7-4-8-14-22/h3-15H,16-18H2,1-2H3,(H,25,27). The van der Waals surface area contributed by atoms with Gasteiger partial charge in [0.2, 0.25) is 5.91 Å². The maximum atomic E-state index is 12.7. The van der Waals surface area contributed by atoms with E-state index in [4.69, 9.17) is 0 Å². The molecule has 27 heavy (non-hydrogen) atoms. The van der Waals surface area contributed by atoms with Crippen LogP contribution in [-0.2, 0) is 17.9 Å². The fourth-order valence-corrected chi connectivity index (χ4v) is 3.13. The van der Waals surface area contributed by atoms with Gasteiger partial charge in [-0.05, 0) is 42.2 Å². The predicted octanol–water partition coefficient (Wildman–Crippen LogP) is 4.94. The van der Waals surface area contributed by atoms with Crippen LogP contribution in [0, 0.1) is 13.8 Å². The molecule has 0 spiro atoms. The molecule has 3 heteroatoms. The summed E-state index contributed by atoms with van der Waals surface area (Å²) in [6.07, 6.45) is 0. The number of nitrogens with zero attached hydrogens (tertiary/aromatic N) is 1. The first-order valence-corrected chi connectivity index (χ1v) is 9.28. The second-order valence-corrected chi connectivity index (χ2v) is 6.91. The Balaban J connectivity index is 1.71. The van der Waals surface area contributed by atoms with Crippen LogP contribution < -0.4 is 5.32 Å². The van der Waals surface area contributed by atoms with Crippen LogP contribution >= 0.6 is 0 Å². The lowest BCUT2D eigenvalue weighted by atomic mass is 10.1. The van der Waals surface area contributed by atoms with Gasteiger partial charge in [0, 0.05) is 18.8 Å². The summed E-state index contributed by atoms with van der Waals surface area (Å²) in [4.78, 5) is 14.9. The lowest BCUT2D eigenvalue weighted by Crippen LogP contribution is -2.32. The number of anilines is 1. The van der Waals surface area contributed by atoms with Crippen molar-refractivity contribution in [3.63, 3.8) is 0 Å². The quantitative estimate of drug-likeness (QED) is 0.648. The molecular formula is C24H26N2O. The Morgan fingerprint density at radius 2 is 1.33 bits per heavy atom. The van der Waals surface area contributed by atoms with Crippen molar-refractivity contribution in [2.75, 3.05) is 11.9 Å². The highest BCUT2D eigenvalue weighted by atomic mass is 16.2. The average molecular weight is 358 g/mol. The van der Waals surface area contributed by atoms with E-state index in [1.54, 1.807) is 0 Å². The van der Waals surface area contributed by atoms with E-state index in [9.17, 15) is 4.79 Å². The first-order valence-electron chi connectivity index (χ1n) is 9.28. The van der Waals surface area contributed by atoms with Crippen LogP contribution in [0.2, 0.25) is 0 Å². The molecular weight excluding hydrogens is 332 g/mol. The zero-order chi connectivity index (χ0) is 19.1. The summed E-state index contributed by atoms with van der Waals surface area (Å²) in [5.41, 5.74) is 5.59. The minimum Gasteiger partial charge on any atom is -0.325 e. The molecule has 1 amide bonds. The van der Waals surface area contributed by atoms with E-state index >= 15 is 0 Å². The summed E-state index contributed by atoms with van der Waals surface area (Å²) in [6.45, 7) is 5.90. The molecule has 3 aromatic rings. The lowest BCUT2D eigenvalue weighted by molar-refractivity contribution is -0.117. The van der Waals surface area contributed by atoms with Crippen LogP contribution in [0.15, 0.2) is 78.9 Å². The van der Waals surface area contributed by atoms with Gasteiger partial charge in [-0.15, -0.1) is 0 Å². The molecule has 0 saturated heterocycles. The summed E-state index contributed by atoms with van der Waals surface area (Å²) in [6, 6.07) is 26.5. The van der Waals surface area contributed by atoms with Gasteiger partial charge < -0.3 is 5.32 Å². The summed E-state index contributed by atoms with van der Waals surface area (Å²) >= 11 is 0. The predicted molar refractivity (Wildman–Crippen MR) is 112 cm³/mol. The molecule has 0 saturated carbocycles. The van der Waals surface area contributed by atoms with Crippen molar-refractivity contribution in [3.05, 3.63) is 101 Å². The van der Waals surface area contributed by atoms with Crippen molar-refractivity contribution < 1.29 is 4.79 Å². The molecule has 0 fully saturated rings. The van der Waals surface area contributed by atoms with Crippen molar-refractivity contribution in [1.29, 1.82) is 0 Å². The molecule has 0 aliphatic heterocycles. The highest BCUT2D eigenvalue weighted by Crippen LogP contribution is 2.18. The number of benzene rings is 3. The fourth-order valence-electron chi connectivity index (χ4n) is 3.13. The summed E-state index contributed by atoms with van der Waals surface area (Å²) in [7, 11) is 0. The van der Waals surface area contributed by atoms with Crippen molar-refractivity contribution in [2.24, 2.45) is 0 Å². The minimum atomic E-state index is 0.00978. The highest BCUT2D eigenvalue weighted by Gasteiger charge is 2.13. The number of hydrogen-bond acceptors (Lipinski definition) is 2. The summed E-state index contributed by atoms with van der Waals surface area (Å²) in [5.74, 6) is 0.00978. The highest BCUT2D eigenvalue weighted by molar-refractivity contribution is 5.93. The van der Waals surface area contributed by atoms with Crippen molar-refractivity contribution in [3.8, 4) is 0 Å². The maximum Gasteiger partial charge on any atom is 0.238 e. The van der Waals surface area contributed by atoms with Gasteiger partial charge in [-0.3, -0.25) is 9.69 Å². The summed E-state index contributed by atoms with van der Waals surface area (Å²) in [5, 5.41) is 3.07. The van der Waals surface area contributed by atoms with Crippen LogP contribution in [0.3, 0.4) is 0 Å². The first-order chi connectivity index (χ1) is 13.1. The second-order valence-electron chi connectivity index (χ2n) is 6.91. The number of carbonyl (C=O) groups excluding carboxylic acids is 1. The molecule has 138 valence electrons. The molecule has 0 bridgehead atoms. The molecule has 0 heterocycles. The van der Waals surface area contributed by atoms with Crippen LogP contribution in [0.4, 0.5) is 5.69 Å². The van der Waals surface area contributed by atoms with E-state index in [0.29, 0.717) is 6.54 Å².